The Labute approximate surface area is 101 Å². The van der Waals surface area contributed by atoms with E-state index in [2.05, 4.69) is 31.7 Å². The third-order valence-electron chi connectivity index (χ3n) is 3.91. The summed E-state index contributed by atoms with van der Waals surface area (Å²) >= 11 is 0. The van der Waals surface area contributed by atoms with Crippen molar-refractivity contribution >= 4 is 0 Å². The van der Waals surface area contributed by atoms with Gasteiger partial charge in [0.15, 0.2) is 0 Å². The minimum Gasteiger partial charge on any atom is -0.298 e. The number of likely N-dealkylation sites (tertiary alicyclic amines) is 1. The molecule has 1 aliphatic heterocycles. The summed E-state index contributed by atoms with van der Waals surface area (Å²) in [6.45, 7) is 9.29. The van der Waals surface area contributed by atoms with Crippen molar-refractivity contribution < 1.29 is 0 Å². The van der Waals surface area contributed by atoms with Crippen molar-refractivity contribution in [1.29, 1.82) is 5.26 Å². The van der Waals surface area contributed by atoms with Gasteiger partial charge in [0.25, 0.3) is 0 Å². The van der Waals surface area contributed by atoms with Gasteiger partial charge in [-0.2, -0.15) is 5.26 Å². The highest BCUT2D eigenvalue weighted by Gasteiger charge is 2.33. The SMILES string of the molecule is CCCCCN1CC(CC#N)CCC1(C)C. The van der Waals surface area contributed by atoms with Crippen LogP contribution in [0.25, 0.3) is 0 Å². The Balaban J connectivity index is 2.45. The van der Waals surface area contributed by atoms with Crippen molar-refractivity contribution in [2.24, 2.45) is 5.92 Å². The first kappa shape index (κ1) is 13.5. The van der Waals surface area contributed by atoms with Crippen LogP contribution in [-0.2, 0) is 0 Å². The van der Waals surface area contributed by atoms with Crippen molar-refractivity contribution in [1.82, 2.24) is 4.90 Å². The van der Waals surface area contributed by atoms with Crippen LogP contribution >= 0.6 is 0 Å². The lowest BCUT2D eigenvalue weighted by Gasteiger charge is -2.45. The van der Waals surface area contributed by atoms with Crippen LogP contribution in [0, 0.1) is 17.2 Å². The van der Waals surface area contributed by atoms with Crippen LogP contribution in [-0.4, -0.2) is 23.5 Å². The van der Waals surface area contributed by atoms with Gasteiger partial charge in [-0.3, -0.25) is 4.90 Å². The van der Waals surface area contributed by atoms with E-state index in [4.69, 9.17) is 5.26 Å². The molecule has 0 aromatic heterocycles. The molecule has 0 bridgehead atoms. The van der Waals surface area contributed by atoms with Crippen LogP contribution in [0.5, 0.6) is 0 Å². The van der Waals surface area contributed by atoms with Gasteiger partial charge in [0.2, 0.25) is 0 Å². The van der Waals surface area contributed by atoms with Gasteiger partial charge in [0, 0.05) is 18.5 Å². The Kier molecular flexibility index (Phi) is 5.28. The maximum Gasteiger partial charge on any atom is 0.0625 e. The van der Waals surface area contributed by atoms with Crippen LogP contribution in [0.1, 0.15) is 59.3 Å². The van der Waals surface area contributed by atoms with E-state index in [-0.39, 0.29) is 0 Å². The molecule has 2 heteroatoms. The zero-order valence-corrected chi connectivity index (χ0v) is 11.1. The summed E-state index contributed by atoms with van der Waals surface area (Å²) in [6.07, 6.45) is 7.13. The van der Waals surface area contributed by atoms with Crippen LogP contribution in [0.4, 0.5) is 0 Å². The second-order valence-electron chi connectivity index (χ2n) is 5.73. The first-order valence-corrected chi connectivity index (χ1v) is 6.72. The Morgan fingerprint density at radius 3 is 2.75 bits per heavy atom. The van der Waals surface area contributed by atoms with E-state index in [0.29, 0.717) is 11.5 Å². The third-order valence-corrected chi connectivity index (χ3v) is 3.91. The number of rotatable bonds is 5. The monoisotopic (exact) mass is 222 g/mol. The molecule has 2 nitrogen and oxygen atoms in total. The third kappa shape index (κ3) is 3.79. The van der Waals surface area contributed by atoms with E-state index in [1.165, 1.54) is 38.6 Å². The summed E-state index contributed by atoms with van der Waals surface area (Å²) < 4.78 is 0. The molecule has 0 spiro atoms. The predicted octanol–water partition coefficient (Wildman–Crippen LogP) is 3.58. The Bertz CT molecular complexity index is 240. The molecule has 1 aliphatic rings. The van der Waals surface area contributed by atoms with Gasteiger partial charge in [0.1, 0.15) is 0 Å². The second kappa shape index (κ2) is 6.25. The summed E-state index contributed by atoms with van der Waals surface area (Å²) in [5, 5.41) is 8.78. The highest BCUT2D eigenvalue weighted by molar-refractivity contribution is 4.91. The number of hydrogen-bond acceptors (Lipinski definition) is 2. The van der Waals surface area contributed by atoms with Gasteiger partial charge in [-0.15, -0.1) is 0 Å². The molecular formula is C14H26N2. The lowest BCUT2D eigenvalue weighted by molar-refractivity contribution is 0.0450. The molecule has 1 heterocycles. The van der Waals surface area contributed by atoms with Gasteiger partial charge in [-0.25, -0.2) is 0 Å². The zero-order valence-electron chi connectivity index (χ0n) is 11.1. The normalized spacial score (nSPS) is 25.2. The molecule has 0 radical (unpaired) electrons. The predicted molar refractivity (Wildman–Crippen MR) is 68.1 cm³/mol. The molecule has 1 rings (SSSR count). The van der Waals surface area contributed by atoms with Crippen molar-refractivity contribution in [2.75, 3.05) is 13.1 Å². The molecule has 0 amide bonds. The van der Waals surface area contributed by atoms with E-state index < -0.39 is 0 Å². The van der Waals surface area contributed by atoms with Gasteiger partial charge in [0.05, 0.1) is 6.07 Å². The van der Waals surface area contributed by atoms with Crippen molar-refractivity contribution in [3.63, 3.8) is 0 Å². The van der Waals surface area contributed by atoms with E-state index in [1.54, 1.807) is 0 Å². The average Bonchev–Trinajstić information content (AvgIpc) is 2.23. The van der Waals surface area contributed by atoms with Gasteiger partial charge < -0.3 is 0 Å². The lowest BCUT2D eigenvalue weighted by atomic mass is 9.83. The highest BCUT2D eigenvalue weighted by atomic mass is 15.2. The molecule has 0 aliphatic carbocycles. The average molecular weight is 222 g/mol. The molecule has 0 aromatic rings. The van der Waals surface area contributed by atoms with Gasteiger partial charge in [-0.1, -0.05) is 19.8 Å². The number of unbranched alkanes of at least 4 members (excludes halogenated alkanes) is 2. The highest BCUT2D eigenvalue weighted by Crippen LogP contribution is 2.31. The van der Waals surface area contributed by atoms with Crippen molar-refractivity contribution in [2.45, 2.75) is 64.8 Å². The molecule has 1 unspecified atom stereocenters. The molecule has 92 valence electrons. The van der Waals surface area contributed by atoms with Crippen LogP contribution in [0.15, 0.2) is 0 Å². The van der Waals surface area contributed by atoms with Crippen molar-refractivity contribution in [3.8, 4) is 6.07 Å². The molecule has 1 atom stereocenters. The van der Waals surface area contributed by atoms with Crippen LogP contribution in [0.2, 0.25) is 0 Å². The number of piperidine rings is 1. The largest absolute Gasteiger partial charge is 0.298 e. The fourth-order valence-corrected chi connectivity index (χ4v) is 2.61. The zero-order chi connectivity index (χ0) is 12.0. The summed E-state index contributed by atoms with van der Waals surface area (Å²) in [7, 11) is 0. The van der Waals surface area contributed by atoms with Crippen molar-refractivity contribution in [3.05, 3.63) is 0 Å². The van der Waals surface area contributed by atoms with Gasteiger partial charge in [-0.05, 0) is 45.6 Å². The molecule has 1 saturated heterocycles. The van der Waals surface area contributed by atoms with E-state index in [9.17, 15) is 0 Å². The molecule has 16 heavy (non-hydrogen) atoms. The first-order chi connectivity index (χ1) is 7.60. The molecular weight excluding hydrogens is 196 g/mol. The minimum atomic E-state index is 0.347. The van der Waals surface area contributed by atoms with E-state index >= 15 is 0 Å². The molecule has 1 fully saturated rings. The lowest BCUT2D eigenvalue weighted by Crippen LogP contribution is -2.50. The fraction of sp³-hybridized carbons (Fsp3) is 0.929. The minimum absolute atomic E-state index is 0.347. The fourth-order valence-electron chi connectivity index (χ4n) is 2.61. The molecule has 0 saturated carbocycles. The summed E-state index contributed by atoms with van der Waals surface area (Å²) in [5.41, 5.74) is 0.347. The molecule has 0 aromatic carbocycles. The Morgan fingerprint density at radius 2 is 2.12 bits per heavy atom. The quantitative estimate of drug-likeness (QED) is 0.665. The van der Waals surface area contributed by atoms with E-state index in [0.717, 1.165) is 13.0 Å². The Morgan fingerprint density at radius 1 is 1.38 bits per heavy atom. The Hall–Kier alpha value is -0.550. The smallest absolute Gasteiger partial charge is 0.0625 e. The summed E-state index contributed by atoms with van der Waals surface area (Å²) in [6, 6.07) is 2.33. The van der Waals surface area contributed by atoms with Crippen LogP contribution in [0.3, 0.4) is 0 Å². The van der Waals surface area contributed by atoms with Crippen LogP contribution < -0.4 is 0 Å². The summed E-state index contributed by atoms with van der Waals surface area (Å²) in [4.78, 5) is 2.61. The van der Waals surface area contributed by atoms with Gasteiger partial charge >= 0.3 is 0 Å². The number of nitriles is 1. The maximum atomic E-state index is 8.78. The molecule has 0 N–H and O–H groups in total. The number of hydrogen-bond donors (Lipinski definition) is 0. The summed E-state index contributed by atoms with van der Waals surface area (Å²) in [5.74, 6) is 0.611. The number of nitrogens with zero attached hydrogens (tertiary/aromatic N) is 2. The second-order valence-corrected chi connectivity index (χ2v) is 5.73. The standard InChI is InChI=1S/C14H26N2/c1-4-5-6-11-16-12-13(8-10-15)7-9-14(16,2)3/h13H,4-9,11-12H2,1-3H3. The first-order valence-electron chi connectivity index (χ1n) is 6.72. The maximum absolute atomic E-state index is 8.78. The topological polar surface area (TPSA) is 27.0 Å². The van der Waals surface area contributed by atoms with E-state index in [1.807, 2.05) is 0 Å².